The Morgan fingerprint density at radius 1 is 1.22 bits per heavy atom. The predicted octanol–water partition coefficient (Wildman–Crippen LogP) is 2.82. The van der Waals surface area contributed by atoms with Gasteiger partial charge >= 0.3 is 5.97 Å². The van der Waals surface area contributed by atoms with Gasteiger partial charge in [-0.1, -0.05) is 32.9 Å². The molecule has 0 unspecified atom stereocenters. The van der Waals surface area contributed by atoms with Crippen LogP contribution >= 0.6 is 0 Å². The number of phenols is 1. The third-order valence-corrected chi connectivity index (χ3v) is 5.77. The number of hydrogen-bond acceptors (Lipinski definition) is 5. The first-order chi connectivity index (χ1) is 12.5. The van der Waals surface area contributed by atoms with Crippen LogP contribution in [0.1, 0.15) is 49.5 Å². The number of Topliss-reactive ketones (excluding diaryl/α,β-unsaturated/α-hetero) is 1. The van der Waals surface area contributed by atoms with Gasteiger partial charge in [0.2, 0.25) is 5.60 Å². The highest BCUT2D eigenvalue weighted by Crippen LogP contribution is 2.50. The van der Waals surface area contributed by atoms with Crippen molar-refractivity contribution in [1.29, 1.82) is 0 Å². The van der Waals surface area contributed by atoms with Crippen LogP contribution in [0.15, 0.2) is 30.3 Å². The molecule has 0 radical (unpaired) electrons. The largest absolute Gasteiger partial charge is 0.507 e. The SMILES string of the molecule is CC(C)CC[C@@]1(O)c2cc3c(O)cccc3cc2C(=O)[C@@H](C)[C@]1(O)C(=O)O. The summed E-state index contributed by atoms with van der Waals surface area (Å²) >= 11 is 0. The van der Waals surface area contributed by atoms with E-state index in [1.807, 2.05) is 13.8 Å². The number of hydrogen-bond donors (Lipinski definition) is 4. The Kier molecular flexibility index (Phi) is 4.52. The molecular formula is C21H24O6. The zero-order chi connectivity index (χ0) is 20.1. The van der Waals surface area contributed by atoms with Crippen LogP contribution in [0.2, 0.25) is 0 Å². The fourth-order valence-corrected chi connectivity index (χ4v) is 4.03. The Labute approximate surface area is 157 Å². The van der Waals surface area contributed by atoms with E-state index in [2.05, 4.69) is 0 Å². The van der Waals surface area contributed by atoms with Gasteiger partial charge in [0.15, 0.2) is 5.78 Å². The fraction of sp³-hybridized carbons (Fsp3) is 0.429. The first kappa shape index (κ1) is 19.3. The molecule has 2 aromatic rings. The highest BCUT2D eigenvalue weighted by atomic mass is 16.4. The Hall–Kier alpha value is -2.44. The number of phenolic OH excluding ortho intramolecular Hbond substituents is 1. The molecule has 0 saturated carbocycles. The molecule has 3 rings (SSSR count). The van der Waals surface area contributed by atoms with Crippen LogP contribution in [0.5, 0.6) is 5.75 Å². The van der Waals surface area contributed by atoms with Crippen molar-refractivity contribution in [3.8, 4) is 5.75 Å². The van der Waals surface area contributed by atoms with E-state index in [0.717, 1.165) is 0 Å². The van der Waals surface area contributed by atoms with E-state index in [9.17, 15) is 30.0 Å². The molecule has 2 aromatic carbocycles. The quantitative estimate of drug-likeness (QED) is 0.656. The monoisotopic (exact) mass is 372 g/mol. The molecule has 0 aromatic heterocycles. The Morgan fingerprint density at radius 2 is 1.89 bits per heavy atom. The maximum Gasteiger partial charge on any atom is 0.339 e. The van der Waals surface area contributed by atoms with Gasteiger partial charge in [0.1, 0.15) is 11.4 Å². The first-order valence-corrected chi connectivity index (χ1v) is 9.02. The molecule has 4 N–H and O–H groups in total. The zero-order valence-corrected chi connectivity index (χ0v) is 15.6. The van der Waals surface area contributed by atoms with E-state index in [1.54, 1.807) is 18.2 Å². The summed E-state index contributed by atoms with van der Waals surface area (Å²) < 4.78 is 0. The van der Waals surface area contributed by atoms with Crippen molar-refractivity contribution in [3.63, 3.8) is 0 Å². The van der Waals surface area contributed by atoms with Crippen molar-refractivity contribution >= 4 is 22.5 Å². The maximum atomic E-state index is 12.9. The van der Waals surface area contributed by atoms with Gasteiger partial charge in [-0.2, -0.15) is 0 Å². The summed E-state index contributed by atoms with van der Waals surface area (Å²) in [5, 5.41) is 43.5. The van der Waals surface area contributed by atoms with Crippen molar-refractivity contribution in [2.24, 2.45) is 11.8 Å². The van der Waals surface area contributed by atoms with Crippen molar-refractivity contribution in [2.75, 3.05) is 0 Å². The maximum absolute atomic E-state index is 12.9. The minimum Gasteiger partial charge on any atom is -0.507 e. The van der Waals surface area contributed by atoms with Crippen LogP contribution in [0.25, 0.3) is 10.8 Å². The Bertz CT molecular complexity index is 934. The number of aliphatic carboxylic acids is 1. The second-order valence-electron chi connectivity index (χ2n) is 7.85. The predicted molar refractivity (Wildman–Crippen MR) is 99.7 cm³/mol. The van der Waals surface area contributed by atoms with Crippen molar-refractivity contribution in [2.45, 2.75) is 44.8 Å². The summed E-state index contributed by atoms with van der Waals surface area (Å²) in [4.78, 5) is 24.9. The number of carbonyl (C=O) groups is 2. The number of aliphatic hydroxyl groups is 2. The van der Waals surface area contributed by atoms with Gasteiger partial charge in [-0.3, -0.25) is 4.79 Å². The number of benzene rings is 2. The van der Waals surface area contributed by atoms with E-state index in [-0.39, 0.29) is 29.2 Å². The Balaban J connectivity index is 2.37. The highest BCUT2D eigenvalue weighted by Gasteiger charge is 2.64. The van der Waals surface area contributed by atoms with Crippen LogP contribution < -0.4 is 0 Å². The number of rotatable bonds is 4. The summed E-state index contributed by atoms with van der Waals surface area (Å²) in [5.41, 5.74) is -4.60. The topological polar surface area (TPSA) is 115 Å². The lowest BCUT2D eigenvalue weighted by molar-refractivity contribution is -0.210. The number of fused-ring (bicyclic) bond motifs is 2. The lowest BCUT2D eigenvalue weighted by atomic mass is 9.60. The number of ketones is 1. The normalized spacial score (nSPS) is 27.8. The summed E-state index contributed by atoms with van der Waals surface area (Å²) in [7, 11) is 0. The van der Waals surface area contributed by atoms with E-state index >= 15 is 0 Å². The average molecular weight is 372 g/mol. The molecule has 0 fully saturated rings. The molecule has 1 aliphatic rings. The van der Waals surface area contributed by atoms with Gasteiger partial charge in [0, 0.05) is 10.9 Å². The molecule has 6 nitrogen and oxygen atoms in total. The van der Waals surface area contributed by atoms with Gasteiger partial charge < -0.3 is 20.4 Å². The molecule has 0 heterocycles. The van der Waals surface area contributed by atoms with Crippen LogP contribution in [-0.2, 0) is 10.4 Å². The van der Waals surface area contributed by atoms with Crippen LogP contribution in [0.4, 0.5) is 0 Å². The number of carboxylic acid groups (broad SMARTS) is 1. The van der Waals surface area contributed by atoms with E-state index < -0.39 is 28.9 Å². The van der Waals surface area contributed by atoms with Gasteiger partial charge in [0.05, 0.1) is 5.92 Å². The van der Waals surface area contributed by atoms with Crippen LogP contribution in [0.3, 0.4) is 0 Å². The van der Waals surface area contributed by atoms with Crippen molar-refractivity contribution in [1.82, 2.24) is 0 Å². The lowest BCUT2D eigenvalue weighted by Gasteiger charge is -2.48. The molecule has 0 aliphatic heterocycles. The minimum absolute atomic E-state index is 0.0306. The number of carboxylic acids is 1. The summed E-state index contributed by atoms with van der Waals surface area (Å²) in [5.74, 6) is -3.41. The number of aromatic hydroxyl groups is 1. The summed E-state index contributed by atoms with van der Waals surface area (Å²) in [6, 6.07) is 7.80. The standard InChI is InChI=1S/C21H24O6/c1-11(2)7-8-20(26)16-10-14-13(5-4-6-17(14)22)9-15(16)18(23)12(3)21(20,27)19(24)25/h4-6,9-12,22,26-27H,7-8H2,1-3H3,(H,24,25)/t12-,20-,21+/m1/s1. The average Bonchev–Trinajstić information content (AvgIpc) is 2.62. The van der Waals surface area contributed by atoms with Crippen LogP contribution in [-0.4, -0.2) is 37.8 Å². The fourth-order valence-electron chi connectivity index (χ4n) is 4.03. The highest BCUT2D eigenvalue weighted by molar-refractivity contribution is 6.08. The Morgan fingerprint density at radius 3 is 2.48 bits per heavy atom. The molecule has 0 spiro atoms. The van der Waals surface area contributed by atoms with Crippen LogP contribution in [0, 0.1) is 11.8 Å². The molecule has 6 heteroatoms. The molecule has 0 bridgehead atoms. The van der Waals surface area contributed by atoms with E-state index in [4.69, 9.17) is 0 Å². The van der Waals surface area contributed by atoms with Gasteiger partial charge in [-0.15, -0.1) is 0 Å². The summed E-state index contributed by atoms with van der Waals surface area (Å²) in [6.07, 6.45) is 0.419. The third-order valence-electron chi connectivity index (χ3n) is 5.77. The molecule has 1 aliphatic carbocycles. The molecule has 144 valence electrons. The first-order valence-electron chi connectivity index (χ1n) is 9.02. The van der Waals surface area contributed by atoms with E-state index in [1.165, 1.54) is 19.1 Å². The summed E-state index contributed by atoms with van der Waals surface area (Å²) in [6.45, 7) is 5.17. The van der Waals surface area contributed by atoms with E-state index in [0.29, 0.717) is 17.2 Å². The van der Waals surface area contributed by atoms with Crippen molar-refractivity contribution in [3.05, 3.63) is 41.5 Å². The van der Waals surface area contributed by atoms with Gasteiger partial charge in [0.25, 0.3) is 0 Å². The molecule has 0 amide bonds. The second kappa shape index (κ2) is 6.32. The van der Waals surface area contributed by atoms with Crippen molar-refractivity contribution < 1.29 is 30.0 Å². The smallest absolute Gasteiger partial charge is 0.339 e. The van der Waals surface area contributed by atoms with Gasteiger partial charge in [-0.25, -0.2) is 4.79 Å². The lowest BCUT2D eigenvalue weighted by Crippen LogP contribution is -2.65. The zero-order valence-electron chi connectivity index (χ0n) is 15.6. The third kappa shape index (κ3) is 2.63. The molecule has 27 heavy (non-hydrogen) atoms. The van der Waals surface area contributed by atoms with Gasteiger partial charge in [-0.05, 0) is 47.9 Å². The minimum atomic E-state index is -2.66. The second-order valence-corrected chi connectivity index (χ2v) is 7.85. The number of carbonyl (C=O) groups excluding carboxylic acids is 1. The molecular weight excluding hydrogens is 348 g/mol. The molecule has 3 atom stereocenters. The molecule has 0 saturated heterocycles.